The minimum Gasteiger partial charge on any atom is -0.457 e. The molecule has 41 heavy (non-hydrogen) atoms. The number of rotatable bonds is 10. The van der Waals surface area contributed by atoms with Crippen molar-refractivity contribution in [3.05, 3.63) is 0 Å². The van der Waals surface area contributed by atoms with E-state index in [1.165, 1.54) is 0 Å². The second kappa shape index (κ2) is 10.1. The fourth-order valence-electron chi connectivity index (χ4n) is 6.82. The highest BCUT2D eigenvalue weighted by molar-refractivity contribution is 14.1. The first-order valence-corrected chi connectivity index (χ1v) is 13.6. The number of hydrogen-bond donors (Lipinski definition) is 0. The van der Waals surface area contributed by atoms with Crippen LogP contribution >= 0.6 is 22.6 Å². The van der Waals surface area contributed by atoms with Crippen LogP contribution in [0.15, 0.2) is 0 Å². The van der Waals surface area contributed by atoms with Gasteiger partial charge in [-0.2, -0.15) is 65.9 Å². The molecule has 0 aromatic heterocycles. The molecule has 4 saturated carbocycles. The van der Waals surface area contributed by atoms with E-state index in [1.54, 1.807) is 13.8 Å². The Bertz CT molecular complexity index is 980. The van der Waals surface area contributed by atoms with Gasteiger partial charge in [-0.05, 0) is 61.7 Å². The van der Waals surface area contributed by atoms with E-state index in [-0.39, 0.29) is 11.8 Å². The lowest BCUT2D eigenvalue weighted by molar-refractivity contribution is -0.452. The van der Waals surface area contributed by atoms with E-state index in [1.807, 2.05) is 0 Å². The number of carbonyl (C=O) groups excluding carboxylic acids is 1. The van der Waals surface area contributed by atoms with Crippen molar-refractivity contribution in [1.82, 2.24) is 0 Å². The van der Waals surface area contributed by atoms with Gasteiger partial charge in [-0.15, -0.1) is 0 Å². The normalized spacial score (nSPS) is 30.6. The quantitative estimate of drug-likeness (QED) is 0.0968. The first-order valence-electron chi connectivity index (χ1n) is 12.3. The molecule has 0 radical (unpaired) electrons. The van der Waals surface area contributed by atoms with E-state index >= 15 is 0 Å². The highest BCUT2D eigenvalue weighted by Gasteiger charge is 2.93. The summed E-state index contributed by atoms with van der Waals surface area (Å²) in [5.74, 6) is -48.9. The Morgan fingerprint density at radius 3 is 1.41 bits per heavy atom. The summed E-state index contributed by atoms with van der Waals surface area (Å²) >= 11 is 0.768. The zero-order chi connectivity index (χ0) is 32.0. The van der Waals surface area contributed by atoms with Gasteiger partial charge in [0.1, 0.15) is 9.53 Å². The zero-order valence-electron chi connectivity index (χ0n) is 21.1. The van der Waals surface area contributed by atoms with E-state index in [0.29, 0.717) is 37.5 Å². The topological polar surface area (TPSA) is 26.3 Å². The van der Waals surface area contributed by atoms with E-state index in [2.05, 4.69) is 0 Å². The molecule has 4 bridgehead atoms. The predicted molar refractivity (Wildman–Crippen MR) is 119 cm³/mol. The molecule has 4 aliphatic carbocycles. The van der Waals surface area contributed by atoms with E-state index in [4.69, 9.17) is 4.74 Å². The van der Waals surface area contributed by atoms with E-state index in [9.17, 15) is 70.7 Å². The van der Waals surface area contributed by atoms with Gasteiger partial charge >= 0.3 is 47.7 Å². The number of ether oxygens (including phenoxy) is 1. The highest BCUT2D eigenvalue weighted by Crippen LogP contribution is 2.64. The molecule has 0 aliphatic heterocycles. The molecule has 0 aromatic rings. The largest absolute Gasteiger partial charge is 0.460 e. The Balaban J connectivity index is 1.86. The predicted octanol–water partition coefficient (Wildman–Crippen LogP) is 8.95. The van der Waals surface area contributed by atoms with Crippen molar-refractivity contribution < 1.29 is 75.4 Å². The minimum atomic E-state index is -8.35. The van der Waals surface area contributed by atoms with Crippen molar-refractivity contribution >= 4 is 28.6 Å². The first-order chi connectivity index (χ1) is 18.1. The van der Waals surface area contributed by atoms with Crippen LogP contribution in [0.3, 0.4) is 0 Å². The van der Waals surface area contributed by atoms with Crippen LogP contribution in [0.1, 0.15) is 52.4 Å². The third kappa shape index (κ3) is 4.89. The summed E-state index contributed by atoms with van der Waals surface area (Å²) in [7, 11) is 0. The molecule has 4 aliphatic rings. The van der Waals surface area contributed by atoms with Gasteiger partial charge in [-0.25, -0.2) is 0 Å². The SMILES string of the molecule is CC(C)C1(OC(=O)C(I)CC(F)(F)C(F)(F)C(F)(F)C(F)(F)C(F)(F)C(F)(F)C(F)(F)F)C2CC3CC(C2)CC1C3. The molecule has 18 heteroatoms. The van der Waals surface area contributed by atoms with Crippen LogP contribution in [0.2, 0.25) is 0 Å². The van der Waals surface area contributed by atoms with Crippen molar-refractivity contribution in [3.63, 3.8) is 0 Å². The Labute approximate surface area is 237 Å². The van der Waals surface area contributed by atoms with Crippen molar-refractivity contribution in [3.8, 4) is 0 Å². The molecule has 0 spiro atoms. The van der Waals surface area contributed by atoms with Crippen LogP contribution in [0, 0.1) is 29.6 Å². The minimum absolute atomic E-state index is 0.242. The second-order valence-electron chi connectivity index (χ2n) is 11.5. The standard InChI is InChI=1S/C23H24F15IO2/c1-9(2)17(12-4-10-3-11(6-12)7-13(17)5-10)41-15(40)14(39)8-16(24,25)18(26,27)19(28,29)20(30,31)21(32,33)22(34,35)23(36,37)38/h9-14H,3-8H2,1-2H3. The van der Waals surface area contributed by atoms with Crippen LogP contribution in [0.25, 0.3) is 0 Å². The number of halogens is 16. The lowest BCUT2D eigenvalue weighted by Crippen LogP contribution is -2.72. The van der Waals surface area contributed by atoms with Crippen molar-refractivity contribution in [2.45, 2.75) is 104 Å². The third-order valence-corrected chi connectivity index (χ3v) is 9.63. The number of hydrogen-bond acceptors (Lipinski definition) is 2. The maximum atomic E-state index is 14.4. The molecule has 4 fully saturated rings. The molecule has 240 valence electrons. The Morgan fingerprint density at radius 2 is 1.05 bits per heavy atom. The monoisotopic (exact) mass is 744 g/mol. The molecule has 1 atom stereocenters. The lowest BCUT2D eigenvalue weighted by Gasteiger charge is -2.62. The maximum absolute atomic E-state index is 14.4. The number of esters is 1. The lowest BCUT2D eigenvalue weighted by atomic mass is 9.47. The van der Waals surface area contributed by atoms with Crippen LogP contribution in [0.4, 0.5) is 65.9 Å². The summed E-state index contributed by atoms with van der Waals surface area (Å²) < 4.78 is 206. The van der Waals surface area contributed by atoms with E-state index < -0.39 is 69.5 Å². The molecule has 4 rings (SSSR count). The average molecular weight is 744 g/mol. The van der Waals surface area contributed by atoms with Gasteiger partial charge in [-0.1, -0.05) is 36.4 Å². The molecule has 0 saturated heterocycles. The molecular weight excluding hydrogens is 720 g/mol. The highest BCUT2D eigenvalue weighted by atomic mass is 127. The van der Waals surface area contributed by atoms with Crippen LogP contribution < -0.4 is 0 Å². The van der Waals surface area contributed by atoms with Crippen molar-refractivity contribution in [2.24, 2.45) is 29.6 Å². The molecule has 0 amide bonds. The molecule has 1 unspecified atom stereocenters. The maximum Gasteiger partial charge on any atom is 0.460 e. The molecule has 0 heterocycles. The molecule has 0 N–H and O–H groups in total. The second-order valence-corrected chi connectivity index (χ2v) is 13.0. The van der Waals surface area contributed by atoms with Gasteiger partial charge in [0.2, 0.25) is 0 Å². The summed E-state index contributed by atoms with van der Waals surface area (Å²) in [6, 6.07) is 0. The van der Waals surface area contributed by atoms with Crippen molar-refractivity contribution in [1.29, 1.82) is 0 Å². The van der Waals surface area contributed by atoms with Gasteiger partial charge in [-0.3, -0.25) is 4.79 Å². The van der Waals surface area contributed by atoms with Gasteiger partial charge < -0.3 is 4.74 Å². The van der Waals surface area contributed by atoms with E-state index in [0.717, 1.165) is 29.0 Å². The van der Waals surface area contributed by atoms with Gasteiger partial charge in [0.15, 0.2) is 0 Å². The zero-order valence-corrected chi connectivity index (χ0v) is 23.2. The fraction of sp³-hybridized carbons (Fsp3) is 0.957. The van der Waals surface area contributed by atoms with Gasteiger partial charge in [0, 0.05) is 6.42 Å². The number of carbonyl (C=O) groups is 1. The third-order valence-electron chi connectivity index (χ3n) is 8.68. The summed E-state index contributed by atoms with van der Waals surface area (Å²) in [5.41, 5.74) is -1.24. The Morgan fingerprint density at radius 1 is 0.683 bits per heavy atom. The summed E-state index contributed by atoms with van der Waals surface area (Å²) in [5, 5.41) is 0. The Kier molecular flexibility index (Phi) is 8.52. The smallest absolute Gasteiger partial charge is 0.457 e. The summed E-state index contributed by atoms with van der Waals surface area (Å²) in [4.78, 5) is 12.8. The fourth-order valence-corrected chi connectivity index (χ4v) is 7.50. The molecular formula is C23H24F15IO2. The van der Waals surface area contributed by atoms with Gasteiger partial charge in [0.25, 0.3) is 0 Å². The van der Waals surface area contributed by atoms with Crippen LogP contribution in [-0.2, 0) is 9.53 Å². The average Bonchev–Trinajstić information content (AvgIpc) is 2.78. The molecule has 0 aromatic carbocycles. The first kappa shape index (κ1) is 34.6. The van der Waals surface area contributed by atoms with Crippen molar-refractivity contribution in [2.75, 3.05) is 0 Å². The molecule has 2 nitrogen and oxygen atoms in total. The number of alkyl halides is 16. The van der Waals surface area contributed by atoms with Crippen LogP contribution in [0.5, 0.6) is 0 Å². The Hall–Kier alpha value is -0.850. The van der Waals surface area contributed by atoms with Crippen LogP contribution in [-0.4, -0.2) is 57.2 Å². The summed E-state index contributed by atoms with van der Waals surface area (Å²) in [6.45, 7) is 3.31. The van der Waals surface area contributed by atoms with Gasteiger partial charge in [0.05, 0.1) is 0 Å². The summed E-state index contributed by atoms with van der Waals surface area (Å²) in [6.07, 6.45) is -7.00.